The molecule has 8 heteroatoms. The average Bonchev–Trinajstić information content (AvgIpc) is 3.54. The lowest BCUT2D eigenvalue weighted by molar-refractivity contribution is -0.384. The zero-order chi connectivity index (χ0) is 26.6. The Hall–Kier alpha value is -5.24. The maximum atomic E-state index is 13.5. The van der Waals surface area contributed by atoms with E-state index in [4.69, 9.17) is 9.15 Å². The van der Waals surface area contributed by atoms with Crippen LogP contribution in [0.15, 0.2) is 107 Å². The van der Waals surface area contributed by atoms with Crippen molar-refractivity contribution in [3.05, 3.63) is 130 Å². The topological polar surface area (TPSA) is 103 Å². The fourth-order valence-corrected chi connectivity index (χ4v) is 4.14. The number of esters is 1. The van der Waals surface area contributed by atoms with Crippen LogP contribution in [0.25, 0.3) is 23.1 Å². The number of furan rings is 1. The maximum absolute atomic E-state index is 13.5. The third kappa shape index (κ3) is 4.87. The first-order chi connectivity index (χ1) is 18.4. The van der Waals surface area contributed by atoms with Crippen molar-refractivity contribution in [2.24, 2.45) is 0 Å². The molecular formula is C30H22N2O6. The minimum atomic E-state index is -0.478. The molecule has 0 fully saturated rings. The van der Waals surface area contributed by atoms with Gasteiger partial charge in [-0.3, -0.25) is 19.8 Å². The summed E-state index contributed by atoms with van der Waals surface area (Å²) in [6, 6.07) is 25.7. The van der Waals surface area contributed by atoms with Crippen molar-refractivity contribution in [3.63, 3.8) is 0 Å². The predicted molar refractivity (Wildman–Crippen MR) is 143 cm³/mol. The summed E-state index contributed by atoms with van der Waals surface area (Å²) < 4.78 is 11.0. The highest BCUT2D eigenvalue weighted by molar-refractivity contribution is 6.23. The van der Waals surface area contributed by atoms with Crippen molar-refractivity contribution in [1.82, 2.24) is 0 Å². The normalized spacial score (nSPS) is 14.0. The van der Waals surface area contributed by atoms with Gasteiger partial charge in [0.2, 0.25) is 0 Å². The number of nitro groups is 1. The van der Waals surface area contributed by atoms with Crippen molar-refractivity contribution in [1.29, 1.82) is 0 Å². The lowest BCUT2D eigenvalue weighted by Gasteiger charge is -2.20. The van der Waals surface area contributed by atoms with Gasteiger partial charge in [-0.2, -0.15) is 0 Å². The maximum Gasteiger partial charge on any atom is 0.338 e. The number of ether oxygens (including phenoxy) is 1. The zero-order valence-electron chi connectivity index (χ0n) is 20.4. The van der Waals surface area contributed by atoms with E-state index in [2.05, 4.69) is 0 Å². The Morgan fingerprint density at radius 2 is 1.66 bits per heavy atom. The molecule has 0 unspecified atom stereocenters. The van der Waals surface area contributed by atoms with Gasteiger partial charge in [0, 0.05) is 29.0 Å². The molecule has 0 bridgehead atoms. The standard InChI is InChI=1S/C30H22N2O6/c1-2-37-30(34)22-10-8-21(9-11-22)28-17-16-26(38-28)18-23-19-27(20-6-4-3-5-7-20)31(29(23)33)24-12-14-25(15-13-24)32(35)36/h3-19H,2H2,1H3/b23-18+. The smallest absolute Gasteiger partial charge is 0.338 e. The van der Waals surface area contributed by atoms with Crippen LogP contribution in [0.5, 0.6) is 0 Å². The van der Waals surface area contributed by atoms with Gasteiger partial charge in [0.25, 0.3) is 11.6 Å². The summed E-state index contributed by atoms with van der Waals surface area (Å²) >= 11 is 0. The number of hydrogen-bond donors (Lipinski definition) is 0. The van der Waals surface area contributed by atoms with E-state index in [1.54, 1.807) is 67.6 Å². The van der Waals surface area contributed by atoms with Gasteiger partial charge in [-0.25, -0.2) is 4.79 Å². The third-order valence-corrected chi connectivity index (χ3v) is 5.98. The monoisotopic (exact) mass is 506 g/mol. The number of amides is 1. The molecule has 0 saturated carbocycles. The number of carbonyl (C=O) groups is 2. The van der Waals surface area contributed by atoms with E-state index in [0.717, 1.165) is 11.1 Å². The van der Waals surface area contributed by atoms with Crippen molar-refractivity contribution in [3.8, 4) is 11.3 Å². The quantitative estimate of drug-likeness (QED) is 0.123. The minimum absolute atomic E-state index is 0.0557. The fourth-order valence-electron chi connectivity index (χ4n) is 4.14. The van der Waals surface area contributed by atoms with Crippen LogP contribution < -0.4 is 4.90 Å². The van der Waals surface area contributed by atoms with Crippen molar-refractivity contribution < 1.29 is 23.7 Å². The molecule has 0 N–H and O–H groups in total. The Morgan fingerprint density at radius 3 is 2.32 bits per heavy atom. The summed E-state index contributed by atoms with van der Waals surface area (Å²) in [6.07, 6.45) is 3.43. The second kappa shape index (κ2) is 10.4. The van der Waals surface area contributed by atoms with Gasteiger partial charge in [-0.15, -0.1) is 0 Å². The number of non-ortho nitro benzene ring substituents is 1. The van der Waals surface area contributed by atoms with Crippen LogP contribution in [0.3, 0.4) is 0 Å². The van der Waals surface area contributed by atoms with Crippen LogP contribution in [0.1, 0.15) is 28.6 Å². The Balaban J connectivity index is 1.46. The molecule has 5 rings (SSSR count). The highest BCUT2D eigenvalue weighted by Crippen LogP contribution is 2.36. The molecule has 0 aliphatic carbocycles. The molecule has 0 radical (unpaired) electrons. The number of anilines is 1. The van der Waals surface area contributed by atoms with Gasteiger partial charge in [0.05, 0.1) is 22.8 Å². The van der Waals surface area contributed by atoms with Crippen LogP contribution in [-0.2, 0) is 9.53 Å². The number of nitrogens with zero attached hydrogens (tertiary/aromatic N) is 2. The molecule has 1 aliphatic heterocycles. The number of benzene rings is 3. The second-order valence-corrected chi connectivity index (χ2v) is 8.41. The highest BCUT2D eigenvalue weighted by Gasteiger charge is 2.31. The van der Waals surface area contributed by atoms with Gasteiger partial charge in [-0.05, 0) is 61.0 Å². The van der Waals surface area contributed by atoms with Crippen LogP contribution in [0, 0.1) is 10.1 Å². The molecule has 2 heterocycles. The summed E-state index contributed by atoms with van der Waals surface area (Å²) in [5, 5.41) is 11.1. The van der Waals surface area contributed by atoms with E-state index in [-0.39, 0.29) is 17.6 Å². The van der Waals surface area contributed by atoms with E-state index in [1.165, 1.54) is 17.0 Å². The summed E-state index contributed by atoms with van der Waals surface area (Å²) in [7, 11) is 0. The lowest BCUT2D eigenvalue weighted by Crippen LogP contribution is -2.24. The van der Waals surface area contributed by atoms with E-state index >= 15 is 0 Å². The molecule has 0 spiro atoms. The molecule has 4 aromatic rings. The second-order valence-electron chi connectivity index (χ2n) is 8.41. The Labute approximate surface area is 218 Å². The molecule has 0 saturated heterocycles. The largest absolute Gasteiger partial charge is 0.462 e. The molecule has 1 aromatic heterocycles. The van der Waals surface area contributed by atoms with Crippen LogP contribution >= 0.6 is 0 Å². The third-order valence-electron chi connectivity index (χ3n) is 5.98. The van der Waals surface area contributed by atoms with Gasteiger partial charge in [0.15, 0.2) is 0 Å². The van der Waals surface area contributed by atoms with Gasteiger partial charge < -0.3 is 9.15 Å². The predicted octanol–water partition coefficient (Wildman–Crippen LogP) is 6.50. The Morgan fingerprint density at radius 1 is 0.947 bits per heavy atom. The number of carbonyl (C=O) groups excluding carboxylic acids is 2. The first kappa shape index (κ1) is 24.5. The average molecular weight is 507 g/mol. The first-order valence-electron chi connectivity index (χ1n) is 11.9. The van der Waals surface area contributed by atoms with Crippen LogP contribution in [0.2, 0.25) is 0 Å². The van der Waals surface area contributed by atoms with E-state index in [1.807, 2.05) is 30.3 Å². The Kier molecular flexibility index (Phi) is 6.69. The highest BCUT2D eigenvalue weighted by atomic mass is 16.6. The minimum Gasteiger partial charge on any atom is -0.462 e. The summed E-state index contributed by atoms with van der Waals surface area (Å²) in [5.41, 5.74) is 3.56. The van der Waals surface area contributed by atoms with E-state index in [0.29, 0.717) is 40.6 Å². The Bertz CT molecular complexity index is 1570. The first-order valence-corrected chi connectivity index (χ1v) is 11.9. The molecule has 3 aromatic carbocycles. The van der Waals surface area contributed by atoms with E-state index in [9.17, 15) is 19.7 Å². The zero-order valence-corrected chi connectivity index (χ0v) is 20.4. The number of rotatable bonds is 7. The molecule has 188 valence electrons. The van der Waals surface area contributed by atoms with Gasteiger partial charge in [0.1, 0.15) is 11.5 Å². The van der Waals surface area contributed by atoms with Crippen LogP contribution in [-0.4, -0.2) is 23.4 Å². The summed E-state index contributed by atoms with van der Waals surface area (Å²) in [4.78, 5) is 37.6. The fraction of sp³-hybridized carbons (Fsp3) is 0.0667. The number of hydrogen-bond acceptors (Lipinski definition) is 6. The molecular weight excluding hydrogens is 484 g/mol. The van der Waals surface area contributed by atoms with Crippen LogP contribution in [0.4, 0.5) is 11.4 Å². The molecule has 1 amide bonds. The van der Waals surface area contributed by atoms with Crippen molar-refractivity contribution in [2.75, 3.05) is 11.5 Å². The number of nitro benzene ring substituents is 1. The van der Waals surface area contributed by atoms with Gasteiger partial charge in [-0.1, -0.05) is 42.5 Å². The van der Waals surface area contributed by atoms with Crippen molar-refractivity contribution >= 4 is 35.0 Å². The summed E-state index contributed by atoms with van der Waals surface area (Å²) in [5.74, 6) is 0.390. The summed E-state index contributed by atoms with van der Waals surface area (Å²) in [6.45, 7) is 2.06. The lowest BCUT2D eigenvalue weighted by atomic mass is 10.1. The SMILES string of the molecule is CCOC(=O)c1ccc(-c2ccc(/C=C3\C=C(c4ccccc4)N(c4ccc([N+](=O)[O-])cc4)C3=O)o2)cc1. The van der Waals surface area contributed by atoms with Gasteiger partial charge >= 0.3 is 5.97 Å². The molecule has 38 heavy (non-hydrogen) atoms. The molecule has 0 atom stereocenters. The van der Waals surface area contributed by atoms with Crippen molar-refractivity contribution in [2.45, 2.75) is 6.92 Å². The van der Waals surface area contributed by atoms with E-state index < -0.39 is 4.92 Å². The molecule has 8 nitrogen and oxygen atoms in total. The molecule has 1 aliphatic rings.